The maximum absolute atomic E-state index is 11.4. The van der Waals surface area contributed by atoms with Crippen molar-refractivity contribution in [2.75, 3.05) is 0 Å². The van der Waals surface area contributed by atoms with E-state index in [1.165, 1.54) is 5.56 Å². The number of rotatable bonds is 1. The zero-order valence-corrected chi connectivity index (χ0v) is 8.87. The highest BCUT2D eigenvalue weighted by molar-refractivity contribution is 5.63. The molecule has 0 spiro atoms. The van der Waals surface area contributed by atoms with Gasteiger partial charge < -0.3 is 4.98 Å². The molecule has 1 aromatic heterocycles. The predicted octanol–water partition coefficient (Wildman–Crippen LogP) is 2.90. The van der Waals surface area contributed by atoms with Crippen LogP contribution in [0.25, 0.3) is 11.3 Å². The second-order valence-corrected chi connectivity index (χ2v) is 3.73. The van der Waals surface area contributed by atoms with Crippen molar-refractivity contribution < 1.29 is 1.43 Å². The van der Waals surface area contributed by atoms with Gasteiger partial charge in [0.15, 0.2) is 5.43 Å². The Labute approximate surface area is 90.1 Å². The summed E-state index contributed by atoms with van der Waals surface area (Å²) in [5.41, 5.74) is 4.07. The van der Waals surface area contributed by atoms with Crippen molar-refractivity contribution in [2.45, 2.75) is 13.8 Å². The molecule has 0 aliphatic carbocycles. The minimum Gasteiger partial charge on any atom is -0.358 e. The maximum Gasteiger partial charge on any atom is 0.182 e. The minimum absolute atomic E-state index is 0. The molecule has 1 aromatic carbocycles. The van der Waals surface area contributed by atoms with Gasteiger partial charge in [0, 0.05) is 30.5 Å². The summed E-state index contributed by atoms with van der Waals surface area (Å²) in [4.78, 5) is 14.6. The zero-order chi connectivity index (χ0) is 10.8. The van der Waals surface area contributed by atoms with Crippen molar-refractivity contribution in [2.24, 2.45) is 0 Å². The van der Waals surface area contributed by atoms with E-state index in [0.29, 0.717) is 0 Å². The standard InChI is InChI=1S/C13H13NO.H2/c1-9-5-3-4-6-12(9)13-8-11(15)7-10(2)14-13;/h3-8H,1-2H3,(H,14,15);1H. The van der Waals surface area contributed by atoms with Crippen LogP contribution in [0.3, 0.4) is 0 Å². The van der Waals surface area contributed by atoms with Gasteiger partial charge in [0.05, 0.1) is 0 Å². The Kier molecular flexibility index (Phi) is 2.42. The van der Waals surface area contributed by atoms with Crippen LogP contribution in [0.2, 0.25) is 0 Å². The number of hydrogen-bond acceptors (Lipinski definition) is 1. The van der Waals surface area contributed by atoms with Crippen LogP contribution in [0.1, 0.15) is 12.7 Å². The Balaban J connectivity index is 0.00000128. The highest BCUT2D eigenvalue weighted by Gasteiger charge is 2.02. The number of aromatic nitrogens is 1. The lowest BCUT2D eigenvalue weighted by Crippen LogP contribution is -2.02. The van der Waals surface area contributed by atoms with E-state index >= 15 is 0 Å². The lowest BCUT2D eigenvalue weighted by atomic mass is 10.1. The van der Waals surface area contributed by atoms with Gasteiger partial charge in [0.2, 0.25) is 0 Å². The molecule has 2 heteroatoms. The molecule has 2 aromatic rings. The molecule has 78 valence electrons. The van der Waals surface area contributed by atoms with E-state index in [0.717, 1.165) is 17.0 Å². The van der Waals surface area contributed by atoms with E-state index in [1.54, 1.807) is 12.1 Å². The molecule has 15 heavy (non-hydrogen) atoms. The fourth-order valence-corrected chi connectivity index (χ4v) is 1.70. The zero-order valence-electron chi connectivity index (χ0n) is 8.87. The summed E-state index contributed by atoms with van der Waals surface area (Å²) < 4.78 is 0. The van der Waals surface area contributed by atoms with Gasteiger partial charge in [-0.2, -0.15) is 0 Å². The molecule has 0 saturated carbocycles. The number of aromatic amines is 1. The predicted molar refractivity (Wildman–Crippen MR) is 64.1 cm³/mol. The monoisotopic (exact) mass is 201 g/mol. The minimum atomic E-state index is 0. The van der Waals surface area contributed by atoms with Crippen molar-refractivity contribution in [3.63, 3.8) is 0 Å². The van der Waals surface area contributed by atoms with Crippen molar-refractivity contribution in [3.8, 4) is 11.3 Å². The summed E-state index contributed by atoms with van der Waals surface area (Å²) in [5.74, 6) is 0. The molecule has 0 aliphatic heterocycles. The van der Waals surface area contributed by atoms with Crippen LogP contribution in [0.15, 0.2) is 41.2 Å². The fourth-order valence-electron chi connectivity index (χ4n) is 1.70. The normalized spacial score (nSPS) is 10.3. The molecule has 2 rings (SSSR count). The Bertz CT molecular complexity index is 546. The van der Waals surface area contributed by atoms with Gasteiger partial charge in [0.1, 0.15) is 0 Å². The van der Waals surface area contributed by atoms with Gasteiger partial charge in [-0.25, -0.2) is 0 Å². The van der Waals surface area contributed by atoms with E-state index in [9.17, 15) is 4.79 Å². The molecule has 0 bridgehead atoms. The van der Waals surface area contributed by atoms with E-state index in [-0.39, 0.29) is 6.86 Å². The largest absolute Gasteiger partial charge is 0.358 e. The topological polar surface area (TPSA) is 32.9 Å². The smallest absolute Gasteiger partial charge is 0.182 e. The molecule has 1 N–H and O–H groups in total. The first-order valence-electron chi connectivity index (χ1n) is 4.94. The molecule has 0 fully saturated rings. The first-order chi connectivity index (χ1) is 7.16. The van der Waals surface area contributed by atoms with Gasteiger partial charge in [-0.1, -0.05) is 24.3 Å². The van der Waals surface area contributed by atoms with Crippen LogP contribution >= 0.6 is 0 Å². The molecule has 0 radical (unpaired) electrons. The average Bonchev–Trinajstić information content (AvgIpc) is 2.16. The third-order valence-corrected chi connectivity index (χ3v) is 2.41. The lowest BCUT2D eigenvalue weighted by molar-refractivity contribution is 1.18. The summed E-state index contributed by atoms with van der Waals surface area (Å²) >= 11 is 0. The van der Waals surface area contributed by atoms with E-state index in [2.05, 4.69) is 4.98 Å². The first kappa shape index (κ1) is 9.71. The molecule has 0 aliphatic rings. The van der Waals surface area contributed by atoms with Crippen molar-refractivity contribution in [1.29, 1.82) is 0 Å². The average molecular weight is 201 g/mol. The summed E-state index contributed by atoms with van der Waals surface area (Å²) in [7, 11) is 0. The Morgan fingerprint density at radius 3 is 2.53 bits per heavy atom. The van der Waals surface area contributed by atoms with Crippen molar-refractivity contribution in [3.05, 3.63) is 57.9 Å². The highest BCUT2D eigenvalue weighted by Crippen LogP contribution is 2.19. The fraction of sp³-hybridized carbons (Fsp3) is 0.154. The second-order valence-electron chi connectivity index (χ2n) is 3.73. The van der Waals surface area contributed by atoms with Crippen LogP contribution < -0.4 is 5.43 Å². The first-order valence-corrected chi connectivity index (χ1v) is 4.94. The molecular weight excluding hydrogens is 186 g/mol. The Morgan fingerprint density at radius 2 is 1.87 bits per heavy atom. The van der Waals surface area contributed by atoms with E-state index < -0.39 is 0 Å². The Hall–Kier alpha value is -1.83. The third-order valence-electron chi connectivity index (χ3n) is 2.41. The SMILES string of the molecule is Cc1cc(=O)cc(-c2ccccc2C)[nH]1.[HH]. The maximum atomic E-state index is 11.4. The van der Waals surface area contributed by atoms with E-state index in [4.69, 9.17) is 0 Å². The van der Waals surface area contributed by atoms with Crippen molar-refractivity contribution in [1.82, 2.24) is 4.98 Å². The summed E-state index contributed by atoms with van der Waals surface area (Å²) in [6, 6.07) is 11.3. The lowest BCUT2D eigenvalue weighted by Gasteiger charge is -2.06. The molecule has 0 amide bonds. The van der Waals surface area contributed by atoms with Gasteiger partial charge in [-0.15, -0.1) is 0 Å². The van der Waals surface area contributed by atoms with Crippen LogP contribution in [-0.2, 0) is 0 Å². The van der Waals surface area contributed by atoms with Crippen LogP contribution in [0.5, 0.6) is 0 Å². The summed E-state index contributed by atoms with van der Waals surface area (Å²) in [5, 5.41) is 0. The van der Waals surface area contributed by atoms with E-state index in [1.807, 2.05) is 38.1 Å². The summed E-state index contributed by atoms with van der Waals surface area (Å²) in [6.07, 6.45) is 0. The van der Waals surface area contributed by atoms with Gasteiger partial charge in [-0.05, 0) is 19.4 Å². The molecular formula is C13H15NO. The second kappa shape index (κ2) is 3.73. The van der Waals surface area contributed by atoms with Gasteiger partial charge in [0.25, 0.3) is 0 Å². The molecule has 0 atom stereocenters. The van der Waals surface area contributed by atoms with Gasteiger partial charge >= 0.3 is 0 Å². The Morgan fingerprint density at radius 1 is 1.13 bits per heavy atom. The molecule has 0 unspecified atom stereocenters. The number of H-pyrrole nitrogens is 1. The molecule has 2 nitrogen and oxygen atoms in total. The van der Waals surface area contributed by atoms with Crippen molar-refractivity contribution >= 4 is 0 Å². The number of pyridine rings is 1. The number of nitrogens with one attached hydrogen (secondary N) is 1. The van der Waals surface area contributed by atoms with Crippen LogP contribution in [-0.4, -0.2) is 4.98 Å². The quantitative estimate of drug-likeness (QED) is 0.756. The molecule has 1 heterocycles. The summed E-state index contributed by atoms with van der Waals surface area (Å²) in [6.45, 7) is 3.93. The highest BCUT2D eigenvalue weighted by atomic mass is 16.1. The third kappa shape index (κ3) is 1.99. The van der Waals surface area contributed by atoms with Crippen LogP contribution in [0.4, 0.5) is 0 Å². The number of benzene rings is 1. The molecule has 0 saturated heterocycles. The number of aryl methyl sites for hydroxylation is 2. The van der Waals surface area contributed by atoms with Crippen LogP contribution in [0, 0.1) is 13.8 Å². The van der Waals surface area contributed by atoms with Gasteiger partial charge in [-0.3, -0.25) is 4.79 Å². The number of hydrogen-bond donors (Lipinski definition) is 1.